The van der Waals surface area contributed by atoms with Gasteiger partial charge in [-0.2, -0.15) is 0 Å². The Morgan fingerprint density at radius 3 is 2.62 bits per heavy atom. The van der Waals surface area contributed by atoms with Gasteiger partial charge in [-0.25, -0.2) is 4.79 Å². The predicted octanol–water partition coefficient (Wildman–Crippen LogP) is 4.21. The van der Waals surface area contributed by atoms with Crippen LogP contribution in [0.3, 0.4) is 0 Å². The number of carbonyl (C=O) groups excluding carboxylic acids is 1. The highest BCUT2D eigenvalue weighted by Gasteiger charge is 2.18. The number of pyridine rings is 1. The van der Waals surface area contributed by atoms with Gasteiger partial charge in [-0.05, 0) is 56.0 Å². The van der Waals surface area contributed by atoms with Gasteiger partial charge in [-0.15, -0.1) is 0 Å². The average Bonchev–Trinajstić information content (AvgIpc) is 2.54. The minimum absolute atomic E-state index is 0.307. The zero-order valence-electron chi connectivity index (χ0n) is 14.2. The molecule has 0 bridgehead atoms. The largest absolute Gasteiger partial charge is 0.390 e. The van der Waals surface area contributed by atoms with E-state index in [2.05, 4.69) is 22.5 Å². The van der Waals surface area contributed by atoms with E-state index in [0.717, 1.165) is 30.5 Å². The van der Waals surface area contributed by atoms with Crippen LogP contribution in [0.4, 0.5) is 16.2 Å². The first-order valence-electron chi connectivity index (χ1n) is 8.28. The smallest absolute Gasteiger partial charge is 0.323 e. The van der Waals surface area contributed by atoms with E-state index in [1.165, 1.54) is 0 Å². The van der Waals surface area contributed by atoms with Crippen LogP contribution in [0.25, 0.3) is 0 Å². The Morgan fingerprint density at radius 2 is 1.92 bits per heavy atom. The molecular formula is C19H25N3O2. The molecule has 3 N–H and O–H groups in total. The lowest BCUT2D eigenvalue weighted by atomic mass is 9.92. The Labute approximate surface area is 143 Å². The molecular weight excluding hydrogens is 302 g/mol. The molecule has 2 amide bonds. The molecule has 2 aromatic rings. The van der Waals surface area contributed by atoms with Gasteiger partial charge in [0.05, 0.1) is 17.5 Å². The number of hydrogen-bond donors (Lipinski definition) is 3. The van der Waals surface area contributed by atoms with Crippen LogP contribution >= 0.6 is 0 Å². The van der Waals surface area contributed by atoms with Crippen LogP contribution in [0.5, 0.6) is 0 Å². The van der Waals surface area contributed by atoms with E-state index >= 15 is 0 Å². The summed E-state index contributed by atoms with van der Waals surface area (Å²) in [5.41, 5.74) is 1.81. The Kier molecular flexibility index (Phi) is 6.32. The van der Waals surface area contributed by atoms with Gasteiger partial charge in [0.25, 0.3) is 0 Å². The molecule has 0 fully saturated rings. The molecule has 128 valence electrons. The van der Waals surface area contributed by atoms with Gasteiger partial charge in [0, 0.05) is 11.9 Å². The number of anilines is 2. The molecule has 0 aliphatic heterocycles. The highest BCUT2D eigenvalue weighted by Crippen LogP contribution is 2.21. The zero-order chi connectivity index (χ0) is 17.4. The molecule has 5 nitrogen and oxygen atoms in total. The molecule has 1 heterocycles. The summed E-state index contributed by atoms with van der Waals surface area (Å²) in [6.07, 6.45) is 6.46. The Bertz CT molecular complexity index is 657. The molecule has 1 aromatic heterocycles. The molecule has 5 heteroatoms. The van der Waals surface area contributed by atoms with Gasteiger partial charge in [-0.1, -0.05) is 25.5 Å². The maximum atomic E-state index is 12.0. The van der Waals surface area contributed by atoms with E-state index < -0.39 is 5.60 Å². The second-order valence-electron chi connectivity index (χ2n) is 6.27. The van der Waals surface area contributed by atoms with E-state index in [1.54, 1.807) is 24.5 Å². The van der Waals surface area contributed by atoms with Crippen LogP contribution in [-0.2, 0) is 6.42 Å². The van der Waals surface area contributed by atoms with Crippen molar-refractivity contribution in [2.45, 2.75) is 45.1 Å². The van der Waals surface area contributed by atoms with Crippen molar-refractivity contribution in [2.75, 3.05) is 10.6 Å². The van der Waals surface area contributed by atoms with Gasteiger partial charge in [-0.3, -0.25) is 4.98 Å². The molecule has 24 heavy (non-hydrogen) atoms. The summed E-state index contributed by atoms with van der Waals surface area (Å²) in [4.78, 5) is 16.0. The summed E-state index contributed by atoms with van der Waals surface area (Å²) < 4.78 is 0. The lowest BCUT2D eigenvalue weighted by Crippen LogP contribution is -2.24. The molecule has 0 saturated carbocycles. The van der Waals surface area contributed by atoms with Gasteiger partial charge < -0.3 is 15.7 Å². The fourth-order valence-electron chi connectivity index (χ4n) is 2.61. The van der Waals surface area contributed by atoms with Crippen molar-refractivity contribution >= 4 is 17.4 Å². The number of aromatic nitrogens is 1. The number of nitrogens with one attached hydrogen (secondary N) is 2. The van der Waals surface area contributed by atoms with Crippen LogP contribution in [0, 0.1) is 0 Å². The molecule has 0 radical (unpaired) electrons. The second-order valence-corrected chi connectivity index (χ2v) is 6.27. The van der Waals surface area contributed by atoms with Crippen molar-refractivity contribution in [3.63, 3.8) is 0 Å². The number of aliphatic hydroxyl groups is 1. The SMILES string of the molecule is CCC[C@](C)(O)CCc1cccc(NC(=O)Nc2cccnc2)c1. The minimum atomic E-state index is -0.643. The van der Waals surface area contributed by atoms with Crippen molar-refractivity contribution in [1.82, 2.24) is 4.98 Å². The Morgan fingerprint density at radius 1 is 1.17 bits per heavy atom. The number of aryl methyl sites for hydroxylation is 1. The van der Waals surface area contributed by atoms with Crippen molar-refractivity contribution < 1.29 is 9.90 Å². The van der Waals surface area contributed by atoms with Crippen molar-refractivity contribution in [3.8, 4) is 0 Å². The summed E-state index contributed by atoms with van der Waals surface area (Å²) in [6.45, 7) is 3.94. The van der Waals surface area contributed by atoms with Crippen LogP contribution in [0.2, 0.25) is 0 Å². The lowest BCUT2D eigenvalue weighted by molar-refractivity contribution is 0.0416. The maximum absolute atomic E-state index is 12.0. The van der Waals surface area contributed by atoms with E-state index in [9.17, 15) is 9.90 Å². The number of nitrogens with zero attached hydrogens (tertiary/aromatic N) is 1. The van der Waals surface area contributed by atoms with Crippen molar-refractivity contribution in [3.05, 3.63) is 54.4 Å². The summed E-state index contributed by atoms with van der Waals surface area (Å²) in [6, 6.07) is 10.9. The molecule has 1 aromatic carbocycles. The fraction of sp³-hybridized carbons (Fsp3) is 0.368. The third-order valence-corrected chi connectivity index (χ3v) is 3.85. The number of hydrogen-bond acceptors (Lipinski definition) is 3. The third-order valence-electron chi connectivity index (χ3n) is 3.85. The van der Waals surface area contributed by atoms with Crippen LogP contribution in [-0.4, -0.2) is 21.7 Å². The quantitative estimate of drug-likeness (QED) is 0.713. The highest BCUT2D eigenvalue weighted by atomic mass is 16.3. The molecule has 0 saturated heterocycles. The van der Waals surface area contributed by atoms with E-state index in [0.29, 0.717) is 12.1 Å². The first kappa shape index (κ1) is 17.9. The van der Waals surface area contributed by atoms with E-state index in [-0.39, 0.29) is 6.03 Å². The number of amides is 2. The van der Waals surface area contributed by atoms with Crippen molar-refractivity contribution in [2.24, 2.45) is 0 Å². The monoisotopic (exact) mass is 327 g/mol. The third kappa shape index (κ3) is 6.01. The Balaban J connectivity index is 1.91. The first-order chi connectivity index (χ1) is 11.5. The van der Waals surface area contributed by atoms with Gasteiger partial charge in [0.15, 0.2) is 0 Å². The summed E-state index contributed by atoms with van der Waals surface area (Å²) >= 11 is 0. The standard InChI is InChI=1S/C19H25N3O2/c1-3-10-19(2,24)11-9-15-6-4-7-16(13-15)21-18(23)22-17-8-5-12-20-14-17/h4-8,12-14,24H,3,9-11H2,1-2H3,(H2,21,22,23)/t19-/m0/s1. The zero-order valence-corrected chi connectivity index (χ0v) is 14.2. The van der Waals surface area contributed by atoms with Gasteiger partial charge in [0.2, 0.25) is 0 Å². The summed E-state index contributed by atoms with van der Waals surface area (Å²) in [5, 5.41) is 15.8. The average molecular weight is 327 g/mol. The molecule has 0 aliphatic carbocycles. The van der Waals surface area contributed by atoms with Crippen LogP contribution in [0.15, 0.2) is 48.8 Å². The van der Waals surface area contributed by atoms with Gasteiger partial charge >= 0.3 is 6.03 Å². The molecule has 2 rings (SSSR count). The number of urea groups is 1. The van der Waals surface area contributed by atoms with E-state index in [1.807, 2.05) is 31.2 Å². The molecule has 0 spiro atoms. The van der Waals surface area contributed by atoms with Crippen LogP contribution < -0.4 is 10.6 Å². The molecule has 0 aliphatic rings. The number of carbonyl (C=O) groups is 1. The lowest BCUT2D eigenvalue weighted by Gasteiger charge is -2.22. The number of benzene rings is 1. The first-order valence-corrected chi connectivity index (χ1v) is 8.28. The van der Waals surface area contributed by atoms with E-state index in [4.69, 9.17) is 0 Å². The summed E-state index contributed by atoms with van der Waals surface area (Å²) in [5.74, 6) is 0. The topological polar surface area (TPSA) is 74.2 Å². The maximum Gasteiger partial charge on any atom is 0.323 e. The van der Waals surface area contributed by atoms with Crippen molar-refractivity contribution in [1.29, 1.82) is 0 Å². The highest BCUT2D eigenvalue weighted by molar-refractivity contribution is 5.99. The molecule has 1 atom stereocenters. The second kappa shape index (κ2) is 8.45. The van der Waals surface area contributed by atoms with Crippen LogP contribution in [0.1, 0.15) is 38.7 Å². The predicted molar refractivity (Wildman–Crippen MR) is 97.2 cm³/mol. The summed E-state index contributed by atoms with van der Waals surface area (Å²) in [7, 11) is 0. The van der Waals surface area contributed by atoms with Gasteiger partial charge in [0.1, 0.15) is 0 Å². The minimum Gasteiger partial charge on any atom is -0.390 e. The Hall–Kier alpha value is -2.40. The fourth-order valence-corrected chi connectivity index (χ4v) is 2.61. The number of rotatable bonds is 7. The molecule has 0 unspecified atom stereocenters. The normalized spacial score (nSPS) is 13.1.